The standard InChI is InChI=1S/C12H13BrN2O3S/c1-8-6-9(2)15(14-8)19(16,17)12-5-4-10(13)7-11(12)18-3/h4-7H,1-3H3. The maximum Gasteiger partial charge on any atom is 0.286 e. The highest BCUT2D eigenvalue weighted by Gasteiger charge is 2.24. The Bertz CT molecular complexity index is 723. The second kappa shape index (κ2) is 4.97. The molecule has 0 saturated heterocycles. The number of benzene rings is 1. The van der Waals surface area contributed by atoms with Crippen LogP contribution in [0.15, 0.2) is 33.6 Å². The first-order valence-corrected chi connectivity index (χ1v) is 7.72. The van der Waals surface area contributed by atoms with E-state index < -0.39 is 10.0 Å². The molecule has 0 saturated carbocycles. The quantitative estimate of drug-likeness (QED) is 0.858. The summed E-state index contributed by atoms with van der Waals surface area (Å²) in [5.74, 6) is 0.280. The molecule has 0 atom stereocenters. The van der Waals surface area contributed by atoms with E-state index in [1.807, 2.05) is 0 Å². The van der Waals surface area contributed by atoms with Crippen LogP contribution in [-0.2, 0) is 10.0 Å². The molecule has 19 heavy (non-hydrogen) atoms. The van der Waals surface area contributed by atoms with Crippen LogP contribution in [0.1, 0.15) is 11.4 Å². The van der Waals surface area contributed by atoms with Crippen LogP contribution in [0.5, 0.6) is 5.75 Å². The van der Waals surface area contributed by atoms with Gasteiger partial charge in [0, 0.05) is 4.47 Å². The summed E-state index contributed by atoms with van der Waals surface area (Å²) in [6, 6.07) is 6.47. The smallest absolute Gasteiger partial charge is 0.286 e. The molecular weight excluding hydrogens is 332 g/mol. The van der Waals surface area contributed by atoms with Crippen molar-refractivity contribution in [1.29, 1.82) is 0 Å². The van der Waals surface area contributed by atoms with Crippen LogP contribution in [0.3, 0.4) is 0 Å². The molecule has 1 heterocycles. The normalized spacial score (nSPS) is 11.6. The number of aromatic nitrogens is 2. The summed E-state index contributed by atoms with van der Waals surface area (Å²) in [6.07, 6.45) is 0. The lowest BCUT2D eigenvalue weighted by Crippen LogP contribution is -2.17. The van der Waals surface area contributed by atoms with Crippen LogP contribution in [0, 0.1) is 13.8 Å². The molecule has 0 N–H and O–H groups in total. The fourth-order valence-electron chi connectivity index (χ4n) is 1.80. The molecule has 0 aliphatic carbocycles. The lowest BCUT2D eigenvalue weighted by atomic mass is 10.3. The van der Waals surface area contributed by atoms with Gasteiger partial charge in [-0.1, -0.05) is 15.9 Å². The predicted octanol–water partition coefficient (Wildman–Crippen LogP) is 2.51. The van der Waals surface area contributed by atoms with Gasteiger partial charge in [-0.15, -0.1) is 0 Å². The molecule has 1 aromatic carbocycles. The van der Waals surface area contributed by atoms with Gasteiger partial charge in [0.15, 0.2) is 0 Å². The molecular formula is C12H13BrN2O3S. The fourth-order valence-corrected chi connectivity index (χ4v) is 3.63. The molecule has 5 nitrogen and oxygen atoms in total. The van der Waals surface area contributed by atoms with Gasteiger partial charge in [0.05, 0.1) is 18.5 Å². The van der Waals surface area contributed by atoms with Crippen LogP contribution in [0.25, 0.3) is 0 Å². The van der Waals surface area contributed by atoms with E-state index in [2.05, 4.69) is 21.0 Å². The van der Waals surface area contributed by atoms with Crippen molar-refractivity contribution in [2.24, 2.45) is 0 Å². The number of hydrogen-bond donors (Lipinski definition) is 0. The number of nitrogens with zero attached hydrogens (tertiary/aromatic N) is 2. The lowest BCUT2D eigenvalue weighted by molar-refractivity contribution is 0.402. The maximum atomic E-state index is 12.6. The van der Waals surface area contributed by atoms with Crippen molar-refractivity contribution < 1.29 is 13.2 Å². The Morgan fingerprint density at radius 2 is 1.95 bits per heavy atom. The van der Waals surface area contributed by atoms with Crippen LogP contribution in [0.2, 0.25) is 0 Å². The first-order valence-electron chi connectivity index (χ1n) is 5.48. The van der Waals surface area contributed by atoms with Gasteiger partial charge in [0.2, 0.25) is 0 Å². The summed E-state index contributed by atoms with van der Waals surface area (Å²) in [5, 5.41) is 4.02. The number of aryl methyl sites for hydroxylation is 2. The number of rotatable bonds is 3. The van der Waals surface area contributed by atoms with Gasteiger partial charge in [-0.3, -0.25) is 0 Å². The van der Waals surface area contributed by atoms with Crippen LogP contribution >= 0.6 is 15.9 Å². The first-order chi connectivity index (χ1) is 8.86. The average Bonchev–Trinajstić information content (AvgIpc) is 2.68. The second-order valence-electron chi connectivity index (χ2n) is 4.07. The number of ether oxygens (including phenoxy) is 1. The fraction of sp³-hybridized carbons (Fsp3) is 0.250. The van der Waals surface area contributed by atoms with E-state index in [0.717, 1.165) is 8.56 Å². The van der Waals surface area contributed by atoms with Crippen molar-refractivity contribution in [3.8, 4) is 5.75 Å². The molecule has 0 amide bonds. The average molecular weight is 345 g/mol. The van der Waals surface area contributed by atoms with Crippen molar-refractivity contribution in [1.82, 2.24) is 9.19 Å². The maximum absolute atomic E-state index is 12.6. The molecule has 0 spiro atoms. The predicted molar refractivity (Wildman–Crippen MR) is 75.0 cm³/mol. The molecule has 0 aliphatic heterocycles. The Morgan fingerprint density at radius 1 is 1.26 bits per heavy atom. The first kappa shape index (κ1) is 14.1. The summed E-state index contributed by atoms with van der Waals surface area (Å²) in [4.78, 5) is 0.0874. The summed E-state index contributed by atoms with van der Waals surface area (Å²) in [6.45, 7) is 3.45. The van der Waals surface area contributed by atoms with E-state index in [1.165, 1.54) is 13.2 Å². The highest BCUT2D eigenvalue weighted by atomic mass is 79.9. The van der Waals surface area contributed by atoms with Gasteiger partial charge < -0.3 is 4.74 Å². The second-order valence-corrected chi connectivity index (χ2v) is 6.72. The SMILES string of the molecule is COc1cc(Br)ccc1S(=O)(=O)n1nc(C)cc1C. The van der Waals surface area contributed by atoms with E-state index in [1.54, 1.807) is 32.0 Å². The minimum Gasteiger partial charge on any atom is -0.495 e. The minimum absolute atomic E-state index is 0.0874. The molecule has 2 rings (SSSR count). The van der Waals surface area contributed by atoms with E-state index in [4.69, 9.17) is 4.74 Å². The van der Waals surface area contributed by atoms with Crippen LogP contribution in [-0.4, -0.2) is 24.7 Å². The number of hydrogen-bond acceptors (Lipinski definition) is 4. The molecule has 0 unspecified atom stereocenters. The lowest BCUT2D eigenvalue weighted by Gasteiger charge is -2.11. The monoisotopic (exact) mass is 344 g/mol. The zero-order valence-corrected chi connectivity index (χ0v) is 13.1. The molecule has 7 heteroatoms. The molecule has 102 valence electrons. The van der Waals surface area contributed by atoms with E-state index in [0.29, 0.717) is 11.4 Å². The zero-order chi connectivity index (χ0) is 14.2. The van der Waals surface area contributed by atoms with Crippen molar-refractivity contribution in [2.45, 2.75) is 18.7 Å². The highest BCUT2D eigenvalue weighted by Crippen LogP contribution is 2.29. The Labute approximate surface area is 120 Å². The molecule has 2 aromatic rings. The number of methoxy groups -OCH3 is 1. The van der Waals surface area contributed by atoms with Gasteiger partial charge in [0.1, 0.15) is 10.6 Å². The Hall–Kier alpha value is -1.34. The van der Waals surface area contributed by atoms with Gasteiger partial charge in [-0.2, -0.15) is 17.6 Å². The highest BCUT2D eigenvalue weighted by molar-refractivity contribution is 9.10. The number of halogens is 1. The zero-order valence-electron chi connectivity index (χ0n) is 10.7. The summed E-state index contributed by atoms with van der Waals surface area (Å²) < 4.78 is 32.0. The third-order valence-electron chi connectivity index (χ3n) is 2.60. The molecule has 0 aliphatic rings. The van der Waals surface area contributed by atoms with E-state index in [-0.39, 0.29) is 10.6 Å². The van der Waals surface area contributed by atoms with Crippen molar-refractivity contribution in [2.75, 3.05) is 7.11 Å². The third kappa shape index (κ3) is 2.52. The largest absolute Gasteiger partial charge is 0.495 e. The van der Waals surface area contributed by atoms with E-state index >= 15 is 0 Å². The van der Waals surface area contributed by atoms with Crippen molar-refractivity contribution in [3.63, 3.8) is 0 Å². The van der Waals surface area contributed by atoms with Gasteiger partial charge >= 0.3 is 0 Å². The van der Waals surface area contributed by atoms with Crippen molar-refractivity contribution in [3.05, 3.63) is 40.1 Å². The van der Waals surface area contributed by atoms with Crippen molar-refractivity contribution >= 4 is 26.0 Å². The third-order valence-corrected chi connectivity index (χ3v) is 4.81. The molecule has 0 bridgehead atoms. The topological polar surface area (TPSA) is 61.2 Å². The Morgan fingerprint density at radius 3 is 2.47 bits per heavy atom. The molecule has 0 fully saturated rings. The molecule has 0 radical (unpaired) electrons. The van der Waals surface area contributed by atoms with Gasteiger partial charge in [-0.25, -0.2) is 0 Å². The van der Waals surface area contributed by atoms with E-state index in [9.17, 15) is 8.42 Å². The van der Waals surface area contributed by atoms with Gasteiger partial charge in [-0.05, 0) is 38.1 Å². The van der Waals surface area contributed by atoms with Crippen LogP contribution in [0.4, 0.5) is 0 Å². The van der Waals surface area contributed by atoms with Gasteiger partial charge in [0.25, 0.3) is 10.0 Å². The summed E-state index contributed by atoms with van der Waals surface area (Å²) in [7, 11) is -2.32. The van der Waals surface area contributed by atoms with Crippen LogP contribution < -0.4 is 4.74 Å². The summed E-state index contributed by atoms with van der Waals surface area (Å²) in [5.41, 5.74) is 1.21. The Kier molecular flexibility index (Phi) is 3.69. The molecule has 1 aromatic heterocycles. The summed E-state index contributed by atoms with van der Waals surface area (Å²) >= 11 is 3.28. The Balaban J connectivity index is 2.66. The minimum atomic E-state index is -3.75.